The summed E-state index contributed by atoms with van der Waals surface area (Å²) in [4.78, 5) is 22.5. The summed E-state index contributed by atoms with van der Waals surface area (Å²) in [6, 6.07) is 7.71. The monoisotopic (exact) mass is 230 g/mol. The van der Waals surface area contributed by atoms with Crippen LogP contribution in [0.5, 0.6) is 0 Å². The van der Waals surface area contributed by atoms with E-state index in [-0.39, 0.29) is 0 Å². The summed E-state index contributed by atoms with van der Waals surface area (Å²) in [6.07, 6.45) is 2.46. The molecule has 0 aliphatic carbocycles. The molecule has 1 aliphatic rings. The average molecular weight is 230 g/mol. The van der Waals surface area contributed by atoms with Gasteiger partial charge in [0.05, 0.1) is 0 Å². The predicted molar refractivity (Wildman–Crippen MR) is 66.3 cm³/mol. The maximum atomic E-state index is 11.4. The van der Waals surface area contributed by atoms with Gasteiger partial charge in [-0.05, 0) is 24.1 Å². The van der Waals surface area contributed by atoms with Crippen LogP contribution in [0.4, 0.5) is 5.69 Å². The Morgan fingerprint density at radius 3 is 2.82 bits per heavy atom. The number of para-hydroxylation sites is 1. The van der Waals surface area contributed by atoms with Crippen molar-refractivity contribution in [1.82, 2.24) is 0 Å². The van der Waals surface area contributed by atoms with Crippen LogP contribution in [0.25, 0.3) is 6.08 Å². The van der Waals surface area contributed by atoms with Crippen LogP contribution in [0, 0.1) is 5.41 Å². The lowest BCUT2D eigenvalue weighted by atomic mass is 9.80. The van der Waals surface area contributed by atoms with Crippen LogP contribution in [0.3, 0.4) is 0 Å². The first kappa shape index (κ1) is 11.4. The van der Waals surface area contributed by atoms with Crippen LogP contribution in [0.1, 0.15) is 12.5 Å². The highest BCUT2D eigenvalue weighted by atomic mass is 16.2. The molecule has 0 fully saturated rings. The summed E-state index contributed by atoms with van der Waals surface area (Å²) in [7, 11) is 0. The second-order valence-electron chi connectivity index (χ2n) is 4.29. The van der Waals surface area contributed by atoms with Gasteiger partial charge in [0.2, 0.25) is 5.91 Å². The highest BCUT2D eigenvalue weighted by Gasteiger charge is 2.36. The largest absolute Gasteiger partial charge is 0.381 e. The standard InChI is InChI=1S/C13H14N2O2/c1-13(8-16,12(14)17)10-6-9-4-2-3-5-11(9)15-7-10/h2-6,8,15H,7H2,1H3,(H2,14,17). The number of hydrogen-bond donors (Lipinski definition) is 2. The number of nitrogens with one attached hydrogen (secondary N) is 1. The van der Waals surface area contributed by atoms with Crippen LogP contribution >= 0.6 is 0 Å². The number of amides is 1. The second kappa shape index (κ2) is 4.05. The van der Waals surface area contributed by atoms with Crippen molar-refractivity contribution in [3.8, 4) is 0 Å². The number of primary amides is 1. The van der Waals surface area contributed by atoms with Crippen molar-refractivity contribution in [2.24, 2.45) is 11.1 Å². The molecule has 1 atom stereocenters. The zero-order chi connectivity index (χ0) is 12.5. The molecule has 2 rings (SSSR count). The van der Waals surface area contributed by atoms with E-state index in [0.29, 0.717) is 18.4 Å². The smallest absolute Gasteiger partial charge is 0.234 e. The fraction of sp³-hybridized carbons (Fsp3) is 0.231. The zero-order valence-corrected chi connectivity index (χ0v) is 9.57. The van der Waals surface area contributed by atoms with Crippen molar-refractivity contribution in [2.45, 2.75) is 6.92 Å². The van der Waals surface area contributed by atoms with E-state index in [4.69, 9.17) is 5.73 Å². The van der Waals surface area contributed by atoms with E-state index in [0.717, 1.165) is 11.3 Å². The molecule has 4 heteroatoms. The molecule has 1 aromatic carbocycles. The third-order valence-corrected chi connectivity index (χ3v) is 3.17. The van der Waals surface area contributed by atoms with Gasteiger partial charge in [0.15, 0.2) is 0 Å². The first-order valence-electron chi connectivity index (χ1n) is 5.38. The molecule has 3 N–H and O–H groups in total. The molecule has 1 amide bonds. The van der Waals surface area contributed by atoms with E-state index in [1.807, 2.05) is 30.3 Å². The van der Waals surface area contributed by atoms with Gasteiger partial charge in [-0.25, -0.2) is 0 Å². The molecule has 17 heavy (non-hydrogen) atoms. The summed E-state index contributed by atoms with van der Waals surface area (Å²) in [6.45, 7) is 2.00. The number of hydrogen-bond acceptors (Lipinski definition) is 3. The molecule has 0 bridgehead atoms. The molecule has 0 aromatic heterocycles. The highest BCUT2D eigenvalue weighted by molar-refractivity contribution is 6.00. The van der Waals surface area contributed by atoms with Gasteiger partial charge in [0.1, 0.15) is 11.7 Å². The number of nitrogens with two attached hydrogens (primary N) is 1. The van der Waals surface area contributed by atoms with Gasteiger partial charge in [-0.3, -0.25) is 4.79 Å². The SMILES string of the molecule is CC(C=O)(C(N)=O)C1=Cc2ccccc2NC1. The molecular formula is C13H14N2O2. The van der Waals surface area contributed by atoms with E-state index >= 15 is 0 Å². The topological polar surface area (TPSA) is 72.2 Å². The van der Waals surface area contributed by atoms with Crippen LogP contribution < -0.4 is 11.1 Å². The number of rotatable bonds is 3. The van der Waals surface area contributed by atoms with Crippen LogP contribution in [-0.4, -0.2) is 18.7 Å². The summed E-state index contributed by atoms with van der Waals surface area (Å²) in [5.41, 5.74) is 6.71. The Hall–Kier alpha value is -2.10. The normalized spacial score (nSPS) is 17.1. The molecule has 0 saturated carbocycles. The Labute approximate surface area is 99.5 Å². The maximum absolute atomic E-state index is 11.4. The van der Waals surface area contributed by atoms with E-state index in [2.05, 4.69) is 5.32 Å². The van der Waals surface area contributed by atoms with Crippen molar-refractivity contribution < 1.29 is 9.59 Å². The quantitative estimate of drug-likeness (QED) is 0.605. The van der Waals surface area contributed by atoms with Crippen molar-refractivity contribution in [1.29, 1.82) is 0 Å². The summed E-state index contributed by atoms with van der Waals surface area (Å²) >= 11 is 0. The van der Waals surface area contributed by atoms with Gasteiger partial charge in [-0.1, -0.05) is 24.3 Å². The highest BCUT2D eigenvalue weighted by Crippen LogP contribution is 2.32. The van der Waals surface area contributed by atoms with Crippen LogP contribution in [-0.2, 0) is 9.59 Å². The first-order valence-corrected chi connectivity index (χ1v) is 5.38. The number of anilines is 1. The molecule has 88 valence electrons. The molecule has 0 radical (unpaired) electrons. The molecule has 0 spiro atoms. The van der Waals surface area contributed by atoms with E-state index in [9.17, 15) is 9.59 Å². The van der Waals surface area contributed by atoms with Crippen molar-refractivity contribution in [3.63, 3.8) is 0 Å². The second-order valence-corrected chi connectivity index (χ2v) is 4.29. The van der Waals surface area contributed by atoms with Gasteiger partial charge in [-0.2, -0.15) is 0 Å². The predicted octanol–water partition coefficient (Wildman–Crippen LogP) is 1.19. The van der Waals surface area contributed by atoms with Gasteiger partial charge in [-0.15, -0.1) is 0 Å². The maximum Gasteiger partial charge on any atom is 0.234 e. The molecular weight excluding hydrogens is 216 g/mol. The molecule has 0 saturated heterocycles. The number of fused-ring (bicyclic) bond motifs is 1. The number of carbonyl (C=O) groups is 2. The first-order chi connectivity index (χ1) is 8.08. The average Bonchev–Trinajstić information content (AvgIpc) is 2.37. The van der Waals surface area contributed by atoms with E-state index in [1.54, 1.807) is 6.92 Å². The van der Waals surface area contributed by atoms with Crippen molar-refractivity contribution in [3.05, 3.63) is 35.4 Å². The lowest BCUT2D eigenvalue weighted by Gasteiger charge is -2.27. The van der Waals surface area contributed by atoms with Crippen LogP contribution in [0.2, 0.25) is 0 Å². The Kier molecular flexibility index (Phi) is 2.71. The third-order valence-electron chi connectivity index (χ3n) is 3.17. The number of aldehydes is 1. The minimum absolute atomic E-state index is 0.454. The Bertz CT molecular complexity index is 508. The van der Waals surface area contributed by atoms with Gasteiger partial charge in [0.25, 0.3) is 0 Å². The van der Waals surface area contributed by atoms with Crippen molar-refractivity contribution in [2.75, 3.05) is 11.9 Å². The van der Waals surface area contributed by atoms with Gasteiger partial charge >= 0.3 is 0 Å². The molecule has 4 nitrogen and oxygen atoms in total. The van der Waals surface area contributed by atoms with Gasteiger partial charge in [0, 0.05) is 12.2 Å². The Morgan fingerprint density at radius 1 is 1.47 bits per heavy atom. The lowest BCUT2D eigenvalue weighted by Crippen LogP contribution is -2.40. The number of benzene rings is 1. The zero-order valence-electron chi connectivity index (χ0n) is 9.57. The van der Waals surface area contributed by atoms with E-state index < -0.39 is 11.3 Å². The minimum atomic E-state index is -1.24. The Morgan fingerprint density at radius 2 is 2.18 bits per heavy atom. The fourth-order valence-electron chi connectivity index (χ4n) is 1.84. The lowest BCUT2D eigenvalue weighted by molar-refractivity contribution is -0.130. The fourth-order valence-corrected chi connectivity index (χ4v) is 1.84. The summed E-state index contributed by atoms with van der Waals surface area (Å²) < 4.78 is 0. The minimum Gasteiger partial charge on any atom is -0.381 e. The summed E-state index contributed by atoms with van der Waals surface area (Å²) in [5, 5.41) is 3.17. The molecule has 1 aliphatic heterocycles. The van der Waals surface area contributed by atoms with E-state index in [1.165, 1.54) is 0 Å². The molecule has 1 heterocycles. The van der Waals surface area contributed by atoms with Crippen LogP contribution in [0.15, 0.2) is 29.8 Å². The summed E-state index contributed by atoms with van der Waals surface area (Å²) in [5.74, 6) is -0.625. The third kappa shape index (κ3) is 1.82. The number of carbonyl (C=O) groups excluding carboxylic acids is 2. The van der Waals surface area contributed by atoms with Crippen molar-refractivity contribution >= 4 is 24.0 Å². The molecule has 1 aromatic rings. The Balaban J connectivity index is 2.47. The molecule has 1 unspecified atom stereocenters. The van der Waals surface area contributed by atoms with Gasteiger partial charge < -0.3 is 15.8 Å².